The Morgan fingerprint density at radius 2 is 1.86 bits per heavy atom. The molecule has 2 saturated heterocycles. The summed E-state index contributed by atoms with van der Waals surface area (Å²) < 4.78 is 0. The van der Waals surface area contributed by atoms with E-state index in [0.717, 1.165) is 35.5 Å². The molecule has 2 atom stereocenters. The molecule has 1 aromatic heterocycles. The van der Waals surface area contributed by atoms with E-state index in [1.165, 1.54) is 32.1 Å². The molecule has 1 aliphatic carbocycles. The number of nitrogens with zero attached hydrogens (tertiary/aromatic N) is 2. The average molecular weight is 395 g/mol. The number of carbonyl (C=O) groups is 2. The molecular formula is C23H30N4O2. The summed E-state index contributed by atoms with van der Waals surface area (Å²) in [5.41, 5.74) is 2.14. The van der Waals surface area contributed by atoms with E-state index in [1.54, 1.807) is 0 Å². The van der Waals surface area contributed by atoms with Crippen molar-refractivity contribution in [3.8, 4) is 0 Å². The lowest BCUT2D eigenvalue weighted by atomic mass is 9.88. The smallest absolute Gasteiger partial charge is 0.246 e. The minimum absolute atomic E-state index is 0.00258. The van der Waals surface area contributed by atoms with Gasteiger partial charge in [-0.2, -0.15) is 0 Å². The van der Waals surface area contributed by atoms with E-state index in [0.29, 0.717) is 19.5 Å². The van der Waals surface area contributed by atoms with E-state index < -0.39 is 6.04 Å². The zero-order chi connectivity index (χ0) is 19.8. The molecule has 1 aromatic carbocycles. The van der Waals surface area contributed by atoms with Gasteiger partial charge in [0.1, 0.15) is 12.1 Å². The summed E-state index contributed by atoms with van der Waals surface area (Å²) in [6.45, 7) is 3.29. The molecular weight excluding hydrogens is 364 g/mol. The van der Waals surface area contributed by atoms with Gasteiger partial charge in [-0.25, -0.2) is 0 Å². The van der Waals surface area contributed by atoms with Crippen molar-refractivity contribution >= 4 is 22.7 Å². The second kappa shape index (κ2) is 7.82. The first-order valence-electron chi connectivity index (χ1n) is 11.1. The molecule has 0 bridgehead atoms. The standard InChI is InChI=1S/C23H30N4O2/c28-22-21-15-26(14-16-6-2-1-3-7-16)10-11-27(21)23(29)20(25-22)12-17-13-24-19-9-5-4-8-18(17)19/h4-5,8-9,13,16,20-21,24H,1-3,6-7,10-12,14-15H2,(H,25,28)/t20-,21+/m0/s1. The number of piperazine rings is 2. The van der Waals surface area contributed by atoms with E-state index >= 15 is 0 Å². The number of amides is 2. The van der Waals surface area contributed by atoms with Gasteiger partial charge in [-0.15, -0.1) is 0 Å². The van der Waals surface area contributed by atoms with Crippen molar-refractivity contribution in [3.05, 3.63) is 36.0 Å². The SMILES string of the molecule is O=C1N[C@@H](Cc2c[nH]c3ccccc23)C(=O)N2CCN(CC3CCCCC3)C[C@H]12. The number of fused-ring (bicyclic) bond motifs is 2. The molecule has 2 aromatic rings. The first kappa shape index (κ1) is 18.7. The summed E-state index contributed by atoms with van der Waals surface area (Å²) in [5, 5.41) is 4.14. The molecule has 0 unspecified atom stereocenters. The summed E-state index contributed by atoms with van der Waals surface area (Å²) in [7, 11) is 0. The van der Waals surface area contributed by atoms with Gasteiger partial charge in [-0.1, -0.05) is 37.5 Å². The van der Waals surface area contributed by atoms with E-state index in [9.17, 15) is 9.59 Å². The number of H-pyrrole nitrogens is 1. The third-order valence-corrected chi connectivity index (χ3v) is 7.00. The predicted octanol–water partition coefficient (Wildman–Crippen LogP) is 2.30. The minimum atomic E-state index is -0.470. The Labute approximate surface area is 171 Å². The van der Waals surface area contributed by atoms with Crippen LogP contribution in [0.2, 0.25) is 0 Å². The number of nitrogens with one attached hydrogen (secondary N) is 2. The largest absolute Gasteiger partial charge is 0.361 e. The number of hydrogen-bond donors (Lipinski definition) is 2. The fourth-order valence-corrected chi connectivity index (χ4v) is 5.42. The van der Waals surface area contributed by atoms with Crippen LogP contribution < -0.4 is 5.32 Å². The van der Waals surface area contributed by atoms with Crippen molar-refractivity contribution < 1.29 is 9.59 Å². The maximum absolute atomic E-state index is 13.1. The van der Waals surface area contributed by atoms with Crippen molar-refractivity contribution in [3.63, 3.8) is 0 Å². The van der Waals surface area contributed by atoms with Gasteiger partial charge in [-0.05, 0) is 30.4 Å². The molecule has 6 nitrogen and oxygen atoms in total. The van der Waals surface area contributed by atoms with E-state index in [2.05, 4.69) is 21.3 Å². The fraction of sp³-hybridized carbons (Fsp3) is 0.565. The Morgan fingerprint density at radius 3 is 2.72 bits per heavy atom. The Morgan fingerprint density at radius 1 is 1.03 bits per heavy atom. The Balaban J connectivity index is 1.25. The highest BCUT2D eigenvalue weighted by Gasteiger charge is 2.43. The molecule has 5 rings (SSSR count). The van der Waals surface area contributed by atoms with Crippen LogP contribution in [0.5, 0.6) is 0 Å². The van der Waals surface area contributed by atoms with Crippen LogP contribution in [-0.4, -0.2) is 64.9 Å². The molecule has 3 heterocycles. The van der Waals surface area contributed by atoms with Crippen molar-refractivity contribution in [2.24, 2.45) is 5.92 Å². The van der Waals surface area contributed by atoms with Crippen LogP contribution in [0.4, 0.5) is 0 Å². The monoisotopic (exact) mass is 394 g/mol. The van der Waals surface area contributed by atoms with Crippen LogP contribution in [0.15, 0.2) is 30.5 Å². The number of aromatic amines is 1. The van der Waals surface area contributed by atoms with Crippen molar-refractivity contribution in [1.82, 2.24) is 20.1 Å². The summed E-state index contributed by atoms with van der Waals surface area (Å²) in [6.07, 6.45) is 9.14. The average Bonchev–Trinajstić information content (AvgIpc) is 3.15. The Bertz CT molecular complexity index is 901. The van der Waals surface area contributed by atoms with Crippen molar-refractivity contribution in [2.75, 3.05) is 26.2 Å². The maximum atomic E-state index is 13.1. The third-order valence-electron chi connectivity index (χ3n) is 7.00. The first-order valence-corrected chi connectivity index (χ1v) is 11.1. The van der Waals surface area contributed by atoms with Crippen LogP contribution >= 0.6 is 0 Å². The lowest BCUT2D eigenvalue weighted by Crippen LogP contribution is -2.69. The van der Waals surface area contributed by atoms with Crippen molar-refractivity contribution in [2.45, 2.75) is 50.6 Å². The van der Waals surface area contributed by atoms with Gasteiger partial charge >= 0.3 is 0 Å². The molecule has 2 N–H and O–H groups in total. The molecule has 0 radical (unpaired) electrons. The highest BCUT2D eigenvalue weighted by Crippen LogP contribution is 2.27. The van der Waals surface area contributed by atoms with Gasteiger partial charge < -0.3 is 15.2 Å². The quantitative estimate of drug-likeness (QED) is 0.836. The summed E-state index contributed by atoms with van der Waals surface area (Å²) >= 11 is 0. The number of hydrogen-bond acceptors (Lipinski definition) is 3. The van der Waals surface area contributed by atoms with Crippen LogP contribution in [0, 0.1) is 5.92 Å². The molecule has 154 valence electrons. The van der Waals surface area contributed by atoms with Crippen molar-refractivity contribution in [1.29, 1.82) is 0 Å². The molecule has 2 aliphatic heterocycles. The fourth-order valence-electron chi connectivity index (χ4n) is 5.42. The molecule has 1 saturated carbocycles. The topological polar surface area (TPSA) is 68.4 Å². The Hall–Kier alpha value is -2.34. The van der Waals surface area contributed by atoms with Crippen LogP contribution in [-0.2, 0) is 16.0 Å². The third kappa shape index (κ3) is 3.66. The molecule has 3 fully saturated rings. The van der Waals surface area contributed by atoms with Gasteiger partial charge in [0.25, 0.3) is 0 Å². The summed E-state index contributed by atoms with van der Waals surface area (Å²) in [5.74, 6) is 0.826. The van der Waals surface area contributed by atoms with Gasteiger partial charge in [0.05, 0.1) is 0 Å². The molecule has 6 heteroatoms. The molecule has 29 heavy (non-hydrogen) atoms. The zero-order valence-electron chi connectivity index (χ0n) is 16.9. The highest BCUT2D eigenvalue weighted by molar-refractivity contribution is 5.98. The maximum Gasteiger partial charge on any atom is 0.246 e. The van der Waals surface area contributed by atoms with E-state index in [4.69, 9.17) is 0 Å². The number of carbonyl (C=O) groups excluding carboxylic acids is 2. The Kier molecular flexibility index (Phi) is 5.04. The number of aromatic nitrogens is 1. The normalized spacial score (nSPS) is 26.6. The highest BCUT2D eigenvalue weighted by atomic mass is 16.2. The van der Waals surface area contributed by atoms with Gasteiger partial charge in [0.2, 0.25) is 11.8 Å². The van der Waals surface area contributed by atoms with Crippen LogP contribution in [0.25, 0.3) is 10.9 Å². The number of benzene rings is 1. The van der Waals surface area contributed by atoms with E-state index in [1.807, 2.05) is 29.3 Å². The van der Waals surface area contributed by atoms with Gasteiger partial charge in [0.15, 0.2) is 0 Å². The lowest BCUT2D eigenvalue weighted by Gasteiger charge is -2.46. The molecule has 0 spiro atoms. The first-order chi connectivity index (χ1) is 14.2. The molecule has 3 aliphatic rings. The summed E-state index contributed by atoms with van der Waals surface area (Å²) in [6, 6.07) is 7.28. The second-order valence-electron chi connectivity index (χ2n) is 8.94. The predicted molar refractivity (Wildman–Crippen MR) is 112 cm³/mol. The molecule has 2 amide bonds. The number of rotatable bonds is 4. The van der Waals surface area contributed by atoms with E-state index in [-0.39, 0.29) is 17.9 Å². The van der Waals surface area contributed by atoms with Crippen LogP contribution in [0.1, 0.15) is 37.7 Å². The van der Waals surface area contributed by atoms with Gasteiger partial charge in [-0.3, -0.25) is 14.5 Å². The number of para-hydroxylation sites is 1. The van der Waals surface area contributed by atoms with Gasteiger partial charge in [0, 0.05) is 49.7 Å². The lowest BCUT2D eigenvalue weighted by molar-refractivity contribution is -0.153. The summed E-state index contributed by atoms with van der Waals surface area (Å²) in [4.78, 5) is 33.5. The van der Waals surface area contributed by atoms with Crippen LogP contribution in [0.3, 0.4) is 0 Å². The second-order valence-corrected chi connectivity index (χ2v) is 8.94. The minimum Gasteiger partial charge on any atom is -0.361 e. The zero-order valence-corrected chi connectivity index (χ0v) is 16.9.